The van der Waals surface area contributed by atoms with Crippen molar-refractivity contribution in [1.82, 2.24) is 0 Å². The minimum absolute atomic E-state index is 0.367. The number of para-hydroxylation sites is 1. The number of ether oxygens (including phenoxy) is 2. The van der Waals surface area contributed by atoms with Crippen LogP contribution in [0.15, 0.2) is 60.7 Å². The summed E-state index contributed by atoms with van der Waals surface area (Å²) in [5.74, 6) is -0.148. The topological polar surface area (TPSA) is 64.6 Å². The van der Waals surface area contributed by atoms with Crippen molar-refractivity contribution in [2.75, 3.05) is 12.4 Å². The highest BCUT2D eigenvalue weighted by molar-refractivity contribution is 5.97. The molecule has 0 saturated carbocycles. The number of carbonyl (C=O) groups excluding carboxylic acids is 2. The smallest absolute Gasteiger partial charge is 0.331 e. The molecule has 0 aliphatic rings. The fourth-order valence-corrected chi connectivity index (χ4v) is 3.14. The second-order valence-electron chi connectivity index (χ2n) is 7.14. The van der Waals surface area contributed by atoms with Crippen molar-refractivity contribution in [2.45, 2.75) is 26.9 Å². The van der Waals surface area contributed by atoms with E-state index >= 15 is 0 Å². The number of aryl methyl sites for hydroxylation is 2. The molecule has 0 aliphatic carbocycles. The van der Waals surface area contributed by atoms with Gasteiger partial charge in [-0.3, -0.25) is 4.79 Å². The predicted molar refractivity (Wildman–Crippen MR) is 120 cm³/mol. The molecule has 0 fully saturated rings. The number of benzene rings is 3. The summed E-state index contributed by atoms with van der Waals surface area (Å²) < 4.78 is 10.5. The Morgan fingerprint density at radius 1 is 0.967 bits per heavy atom. The molecule has 1 amide bonds. The number of nitrogens with one attached hydrogen (secondary N) is 1. The van der Waals surface area contributed by atoms with Gasteiger partial charge in [-0.1, -0.05) is 36.4 Å². The third kappa shape index (κ3) is 5.06. The van der Waals surface area contributed by atoms with E-state index in [2.05, 4.69) is 5.32 Å². The Bertz CT molecular complexity index is 1100. The maximum atomic E-state index is 12.4. The van der Waals surface area contributed by atoms with Gasteiger partial charge in [0.05, 0.1) is 7.11 Å². The zero-order valence-corrected chi connectivity index (χ0v) is 17.6. The van der Waals surface area contributed by atoms with Gasteiger partial charge in [-0.25, -0.2) is 4.79 Å². The molecule has 0 saturated heterocycles. The molecule has 30 heavy (non-hydrogen) atoms. The summed E-state index contributed by atoms with van der Waals surface area (Å²) in [5, 5.41) is 4.92. The van der Waals surface area contributed by atoms with Crippen molar-refractivity contribution in [3.8, 4) is 5.75 Å². The van der Waals surface area contributed by atoms with Crippen molar-refractivity contribution < 1.29 is 19.1 Å². The Kier molecular flexibility index (Phi) is 6.52. The van der Waals surface area contributed by atoms with Gasteiger partial charge >= 0.3 is 5.97 Å². The van der Waals surface area contributed by atoms with Gasteiger partial charge < -0.3 is 14.8 Å². The van der Waals surface area contributed by atoms with E-state index in [9.17, 15) is 9.59 Å². The van der Waals surface area contributed by atoms with E-state index in [1.807, 2.05) is 68.4 Å². The van der Waals surface area contributed by atoms with Crippen LogP contribution >= 0.6 is 0 Å². The summed E-state index contributed by atoms with van der Waals surface area (Å²) in [5.41, 5.74) is 3.51. The lowest BCUT2D eigenvalue weighted by atomic mass is 10.1. The van der Waals surface area contributed by atoms with Crippen LogP contribution in [0.4, 0.5) is 5.69 Å². The normalized spacial score (nSPS) is 12.0. The maximum Gasteiger partial charge on any atom is 0.331 e. The summed E-state index contributed by atoms with van der Waals surface area (Å²) in [6.45, 7) is 5.39. The number of rotatable bonds is 6. The van der Waals surface area contributed by atoms with Gasteiger partial charge in [-0.2, -0.15) is 0 Å². The summed E-state index contributed by atoms with van der Waals surface area (Å²) in [7, 11) is 1.63. The summed E-state index contributed by atoms with van der Waals surface area (Å²) in [6.07, 6.45) is 2.08. The maximum absolute atomic E-state index is 12.4. The van der Waals surface area contributed by atoms with E-state index in [0.717, 1.165) is 38.9 Å². The molecule has 3 rings (SSSR count). The summed E-state index contributed by atoms with van der Waals surface area (Å²) in [6, 6.07) is 17.4. The van der Waals surface area contributed by atoms with Crippen molar-refractivity contribution in [3.05, 3.63) is 77.4 Å². The number of methoxy groups -OCH3 is 1. The minimum Gasteiger partial charge on any atom is -0.497 e. The third-order valence-electron chi connectivity index (χ3n) is 4.87. The van der Waals surface area contributed by atoms with Crippen molar-refractivity contribution in [1.29, 1.82) is 0 Å². The molecule has 3 aromatic carbocycles. The Morgan fingerprint density at radius 3 is 2.33 bits per heavy atom. The molecular weight excluding hydrogens is 378 g/mol. The van der Waals surface area contributed by atoms with E-state index in [4.69, 9.17) is 9.47 Å². The molecule has 154 valence electrons. The lowest BCUT2D eigenvalue weighted by Crippen LogP contribution is -2.30. The molecule has 1 atom stereocenters. The van der Waals surface area contributed by atoms with Gasteiger partial charge in [0, 0.05) is 11.8 Å². The van der Waals surface area contributed by atoms with Gasteiger partial charge in [0.25, 0.3) is 5.91 Å². The molecule has 0 unspecified atom stereocenters. The number of carbonyl (C=O) groups is 2. The average Bonchev–Trinajstić information content (AvgIpc) is 2.74. The molecule has 0 spiro atoms. The second-order valence-corrected chi connectivity index (χ2v) is 7.14. The first-order valence-corrected chi connectivity index (χ1v) is 9.71. The molecular formula is C25H25NO4. The molecule has 3 aromatic rings. The molecule has 0 bridgehead atoms. The first kappa shape index (κ1) is 21.1. The number of esters is 1. The zero-order valence-electron chi connectivity index (χ0n) is 17.6. The lowest BCUT2D eigenvalue weighted by molar-refractivity contribution is -0.148. The number of hydrogen-bond acceptors (Lipinski definition) is 4. The number of amides is 1. The number of hydrogen-bond donors (Lipinski definition) is 1. The first-order valence-electron chi connectivity index (χ1n) is 9.71. The molecule has 0 aromatic heterocycles. The van der Waals surface area contributed by atoms with E-state index in [-0.39, 0.29) is 5.91 Å². The third-order valence-corrected chi connectivity index (χ3v) is 4.87. The monoisotopic (exact) mass is 403 g/mol. The fourth-order valence-electron chi connectivity index (χ4n) is 3.14. The number of fused-ring (bicyclic) bond motifs is 1. The van der Waals surface area contributed by atoms with E-state index in [1.54, 1.807) is 20.1 Å². The van der Waals surface area contributed by atoms with Gasteiger partial charge in [0.2, 0.25) is 0 Å². The van der Waals surface area contributed by atoms with Crippen LogP contribution < -0.4 is 10.1 Å². The molecule has 1 N–H and O–H groups in total. The molecule has 0 heterocycles. The van der Waals surface area contributed by atoms with Crippen LogP contribution in [-0.2, 0) is 14.3 Å². The first-order chi connectivity index (χ1) is 14.4. The quantitative estimate of drug-likeness (QED) is 0.462. The Morgan fingerprint density at radius 2 is 1.63 bits per heavy atom. The molecule has 5 heteroatoms. The second kappa shape index (κ2) is 9.27. The predicted octanol–water partition coefficient (Wildman–Crippen LogP) is 5.05. The minimum atomic E-state index is -0.912. The van der Waals surface area contributed by atoms with Gasteiger partial charge in [-0.05, 0) is 72.5 Å². The van der Waals surface area contributed by atoms with Crippen LogP contribution in [0.1, 0.15) is 23.6 Å². The van der Waals surface area contributed by atoms with Crippen LogP contribution in [0.25, 0.3) is 16.8 Å². The lowest BCUT2D eigenvalue weighted by Gasteiger charge is -2.15. The van der Waals surface area contributed by atoms with Crippen LogP contribution in [0, 0.1) is 13.8 Å². The largest absolute Gasteiger partial charge is 0.497 e. The van der Waals surface area contributed by atoms with Crippen LogP contribution in [-0.4, -0.2) is 25.1 Å². The zero-order chi connectivity index (χ0) is 21.7. The Hall–Kier alpha value is -3.60. The Balaban J connectivity index is 1.62. The highest BCUT2D eigenvalue weighted by atomic mass is 16.5. The van der Waals surface area contributed by atoms with Gasteiger partial charge in [0.15, 0.2) is 6.10 Å². The highest BCUT2D eigenvalue weighted by Crippen LogP contribution is 2.22. The van der Waals surface area contributed by atoms with E-state index in [0.29, 0.717) is 0 Å². The van der Waals surface area contributed by atoms with Crippen LogP contribution in [0.3, 0.4) is 0 Å². The average molecular weight is 403 g/mol. The van der Waals surface area contributed by atoms with Gasteiger partial charge in [-0.15, -0.1) is 0 Å². The van der Waals surface area contributed by atoms with Gasteiger partial charge in [0.1, 0.15) is 5.75 Å². The standard InChI is InChI=1S/C25H25NO4/c1-16-6-5-7-17(2)24(16)26-25(28)18(3)30-23(27)13-9-19-8-10-21-15-22(29-4)12-11-20(21)14-19/h5-15,18H,1-4H3,(H,26,28)/b13-9+/t18-/m0/s1. The van der Waals surface area contributed by atoms with Crippen molar-refractivity contribution in [2.24, 2.45) is 0 Å². The van der Waals surface area contributed by atoms with E-state index in [1.165, 1.54) is 6.08 Å². The van der Waals surface area contributed by atoms with Crippen molar-refractivity contribution >= 4 is 34.4 Å². The molecule has 5 nitrogen and oxygen atoms in total. The fraction of sp³-hybridized carbons (Fsp3) is 0.200. The summed E-state index contributed by atoms with van der Waals surface area (Å²) >= 11 is 0. The van der Waals surface area contributed by atoms with E-state index < -0.39 is 12.1 Å². The van der Waals surface area contributed by atoms with Crippen LogP contribution in [0.5, 0.6) is 5.75 Å². The SMILES string of the molecule is COc1ccc2cc(/C=C/C(=O)O[C@@H](C)C(=O)Nc3c(C)cccc3C)ccc2c1. The Labute approximate surface area is 176 Å². The highest BCUT2D eigenvalue weighted by Gasteiger charge is 2.18. The van der Waals surface area contributed by atoms with Crippen molar-refractivity contribution in [3.63, 3.8) is 0 Å². The summed E-state index contributed by atoms with van der Waals surface area (Å²) in [4.78, 5) is 24.6. The molecule has 0 aliphatic heterocycles. The van der Waals surface area contributed by atoms with Crippen LogP contribution in [0.2, 0.25) is 0 Å². The number of anilines is 1. The molecule has 0 radical (unpaired) electrons.